The Morgan fingerprint density at radius 2 is 1.87 bits per heavy atom. The van der Waals surface area contributed by atoms with E-state index in [1.165, 1.54) is 6.92 Å². The Balaban J connectivity index is 2.72. The van der Waals surface area contributed by atoms with Crippen LogP contribution in [0.3, 0.4) is 0 Å². The van der Waals surface area contributed by atoms with Crippen molar-refractivity contribution in [2.24, 2.45) is 0 Å². The molecular formula is C10H11BrO3Pb. The van der Waals surface area contributed by atoms with Crippen molar-refractivity contribution in [1.29, 1.82) is 0 Å². The van der Waals surface area contributed by atoms with Gasteiger partial charge in [0.2, 0.25) is 0 Å². The van der Waals surface area contributed by atoms with E-state index in [4.69, 9.17) is 5.37 Å². The second-order valence-electron chi connectivity index (χ2n) is 3.15. The predicted molar refractivity (Wildman–Crippen MR) is 61.8 cm³/mol. The molecule has 0 unspecified atom stereocenters. The molecule has 80 valence electrons. The molecule has 0 saturated heterocycles. The first-order chi connectivity index (χ1) is 7.00. The van der Waals surface area contributed by atoms with Crippen molar-refractivity contribution in [3.8, 4) is 5.75 Å². The normalized spacial score (nSPS) is 9.87. The molecule has 0 atom stereocenters. The number of carbonyl (C=O) groups is 1. The Morgan fingerprint density at radius 3 is 2.33 bits per heavy atom. The SMILES string of the molecule is CC(=O)[O][Pb][O]c1c(C)cc(Br)cc1C. The van der Waals surface area contributed by atoms with Crippen LogP contribution < -0.4 is 2.69 Å². The van der Waals surface area contributed by atoms with Crippen molar-refractivity contribution in [3.63, 3.8) is 0 Å². The molecule has 1 aromatic carbocycles. The Labute approximate surface area is 111 Å². The first-order valence-corrected chi connectivity index (χ1v) is 8.33. The summed E-state index contributed by atoms with van der Waals surface area (Å²) in [6.45, 7) is 5.35. The van der Waals surface area contributed by atoms with Crippen molar-refractivity contribution in [2.75, 3.05) is 0 Å². The molecule has 0 heterocycles. The zero-order valence-corrected chi connectivity index (χ0v) is 14.2. The average molecular weight is 466 g/mol. The van der Waals surface area contributed by atoms with E-state index < -0.39 is 25.1 Å². The van der Waals surface area contributed by atoms with Crippen molar-refractivity contribution in [2.45, 2.75) is 20.8 Å². The van der Waals surface area contributed by atoms with Gasteiger partial charge in [0, 0.05) is 0 Å². The van der Waals surface area contributed by atoms with Gasteiger partial charge in [0.1, 0.15) is 0 Å². The van der Waals surface area contributed by atoms with Gasteiger partial charge in [-0.05, 0) is 0 Å². The first-order valence-electron chi connectivity index (χ1n) is 4.36. The fourth-order valence-electron chi connectivity index (χ4n) is 1.18. The molecular weight excluding hydrogens is 455 g/mol. The maximum absolute atomic E-state index is 10.6. The van der Waals surface area contributed by atoms with E-state index in [1.807, 2.05) is 26.0 Å². The summed E-state index contributed by atoms with van der Waals surface area (Å²) in [6, 6.07) is 3.97. The number of aryl methyl sites for hydroxylation is 2. The van der Waals surface area contributed by atoms with Crippen LogP contribution in [0, 0.1) is 13.8 Å². The van der Waals surface area contributed by atoms with Crippen molar-refractivity contribution in [3.05, 3.63) is 27.7 Å². The number of hydrogen-bond acceptors (Lipinski definition) is 3. The van der Waals surface area contributed by atoms with Gasteiger partial charge in [-0.15, -0.1) is 0 Å². The summed E-state index contributed by atoms with van der Waals surface area (Å²) in [5.41, 5.74) is 2.11. The molecule has 1 aromatic rings. The van der Waals surface area contributed by atoms with E-state index in [9.17, 15) is 4.79 Å². The number of carbonyl (C=O) groups excluding carboxylic acids is 1. The molecule has 0 N–H and O–H groups in total. The first kappa shape index (κ1) is 13.0. The van der Waals surface area contributed by atoms with Crippen LogP contribution in [0.4, 0.5) is 0 Å². The van der Waals surface area contributed by atoms with Crippen LogP contribution in [0.5, 0.6) is 5.75 Å². The summed E-state index contributed by atoms with van der Waals surface area (Å²) in [6.07, 6.45) is 0. The Morgan fingerprint density at radius 1 is 1.33 bits per heavy atom. The Kier molecular flexibility index (Phi) is 5.04. The van der Waals surface area contributed by atoms with Gasteiger partial charge < -0.3 is 0 Å². The molecule has 0 bridgehead atoms. The van der Waals surface area contributed by atoms with Crippen LogP contribution in [0.25, 0.3) is 0 Å². The van der Waals surface area contributed by atoms with Crippen LogP contribution in [0.15, 0.2) is 16.6 Å². The molecule has 3 nitrogen and oxygen atoms in total. The molecule has 0 spiro atoms. The average Bonchev–Trinajstić information content (AvgIpc) is 2.08. The number of hydrogen-bond donors (Lipinski definition) is 0. The third-order valence-electron chi connectivity index (χ3n) is 1.75. The van der Waals surface area contributed by atoms with E-state index >= 15 is 0 Å². The standard InChI is InChI=1S/C8H9BrO.C2H4O2.Pb/c1-5-3-7(9)4-6(2)8(5)10;1-2(3)4;/h3-4,10H,1-2H3;1H3,(H,3,4);/q;;+2/p-2. The maximum atomic E-state index is 10.6. The van der Waals surface area contributed by atoms with Crippen LogP contribution in [0.2, 0.25) is 0 Å². The van der Waals surface area contributed by atoms with Gasteiger partial charge in [0.25, 0.3) is 0 Å². The quantitative estimate of drug-likeness (QED) is 0.643. The summed E-state index contributed by atoms with van der Waals surface area (Å²) in [5.74, 6) is 0.591. The van der Waals surface area contributed by atoms with Gasteiger partial charge in [0.05, 0.1) is 0 Å². The monoisotopic (exact) mass is 466 g/mol. The van der Waals surface area contributed by atoms with E-state index in [-0.39, 0.29) is 5.97 Å². The van der Waals surface area contributed by atoms with Gasteiger partial charge >= 0.3 is 111 Å². The van der Waals surface area contributed by atoms with E-state index in [2.05, 4.69) is 15.9 Å². The van der Waals surface area contributed by atoms with Crippen LogP contribution in [0.1, 0.15) is 18.1 Å². The zero-order valence-electron chi connectivity index (χ0n) is 8.76. The van der Waals surface area contributed by atoms with Crippen LogP contribution in [-0.4, -0.2) is 31.1 Å². The molecule has 0 saturated carbocycles. The van der Waals surface area contributed by atoms with E-state index in [1.54, 1.807) is 0 Å². The molecule has 1 rings (SSSR count). The van der Waals surface area contributed by atoms with Gasteiger partial charge in [-0.1, -0.05) is 0 Å². The Bertz CT molecular complexity index is 356. The summed E-state index contributed by atoms with van der Waals surface area (Å²) >= 11 is 1.67. The zero-order chi connectivity index (χ0) is 11.4. The fraction of sp³-hybridized carbons (Fsp3) is 0.300. The molecule has 0 aliphatic carbocycles. The Hall–Kier alpha value is -0.108. The number of benzene rings is 1. The number of rotatable bonds is 3. The van der Waals surface area contributed by atoms with Crippen molar-refractivity contribution < 1.29 is 10.2 Å². The number of halogens is 1. The molecule has 0 aliphatic rings. The summed E-state index contributed by atoms with van der Waals surface area (Å²) in [4.78, 5) is 10.6. The molecule has 0 fully saturated rings. The predicted octanol–water partition coefficient (Wildman–Crippen LogP) is 2.54. The van der Waals surface area contributed by atoms with Gasteiger partial charge in [-0.3, -0.25) is 0 Å². The minimum absolute atomic E-state index is 0.259. The molecule has 0 aliphatic heterocycles. The third kappa shape index (κ3) is 4.10. The van der Waals surface area contributed by atoms with Crippen molar-refractivity contribution in [1.82, 2.24) is 0 Å². The molecule has 0 amide bonds. The summed E-state index contributed by atoms with van der Waals surface area (Å²) < 4.78 is 11.5. The topological polar surface area (TPSA) is 35.5 Å². The molecule has 2 radical (unpaired) electrons. The third-order valence-corrected chi connectivity index (χ3v) is 4.77. The van der Waals surface area contributed by atoms with Gasteiger partial charge in [-0.25, -0.2) is 0 Å². The van der Waals surface area contributed by atoms with Gasteiger partial charge in [0.15, 0.2) is 0 Å². The van der Waals surface area contributed by atoms with E-state index in [0.29, 0.717) is 0 Å². The molecule has 5 heteroatoms. The van der Waals surface area contributed by atoms with Crippen LogP contribution >= 0.6 is 15.9 Å². The summed E-state index contributed by atoms with van der Waals surface area (Å²) in [5, 5.41) is 0. The minimum atomic E-state index is -1.74. The fourth-order valence-corrected chi connectivity index (χ4v) is 4.06. The van der Waals surface area contributed by atoms with Crippen molar-refractivity contribution >= 4 is 47.0 Å². The molecule has 0 aromatic heterocycles. The second-order valence-corrected chi connectivity index (χ2v) is 6.30. The molecule has 15 heavy (non-hydrogen) atoms. The van der Waals surface area contributed by atoms with Crippen LogP contribution in [-0.2, 0) is 7.48 Å². The van der Waals surface area contributed by atoms with Gasteiger partial charge in [-0.2, -0.15) is 0 Å². The summed E-state index contributed by atoms with van der Waals surface area (Å²) in [7, 11) is 0. The van der Waals surface area contributed by atoms with E-state index in [0.717, 1.165) is 21.3 Å². The second kappa shape index (κ2) is 5.84.